The molecule has 1 saturated carbocycles. The smallest absolute Gasteiger partial charge is 0.352 e. The quantitative estimate of drug-likeness (QED) is 0.200. The molecule has 5 N–H and O–H groups in total. The lowest BCUT2D eigenvalue weighted by Crippen LogP contribution is -2.67. The standard InChI is InChI=1S/C32H43N3O9/c1-17(34-28(37)22(35-19(3)36)9-5-6-15-33)29(38)42-18(2)30(39)43-24-12-14-32(40)21-8-7-13-31(32)25-20(16-21)10-11-23(41-4)26(25)44-27(24)31/h10-12,17-18,21-22,27,40H,5-9,13-16,33H2,1-4H3,(H,34,37)(H,35,36)/t17-,18-,21+,22-,27-,31-,32+/m0/s1. The summed E-state index contributed by atoms with van der Waals surface area (Å²) in [5.41, 5.74) is 5.74. The summed E-state index contributed by atoms with van der Waals surface area (Å²) in [6.45, 7) is 4.59. The SMILES string of the molecule is COc1ccc2c3c1O[C@H]1C(OC(=O)[C@H](C)OC(=O)[C@H](C)NC(=O)[C@H](CCCCN)NC(C)=O)=CC[C@@]4(O)[C@H](CCC[C@]314)C2. The molecular weight excluding hydrogens is 570 g/mol. The van der Waals surface area contributed by atoms with Gasteiger partial charge in [0.05, 0.1) is 18.1 Å². The molecule has 1 aromatic rings. The molecule has 7 atom stereocenters. The van der Waals surface area contributed by atoms with Crippen molar-refractivity contribution >= 4 is 23.8 Å². The summed E-state index contributed by atoms with van der Waals surface area (Å²) in [6, 6.07) is 1.98. The first-order chi connectivity index (χ1) is 21.0. The van der Waals surface area contributed by atoms with Crippen molar-refractivity contribution < 1.29 is 43.2 Å². The van der Waals surface area contributed by atoms with Crippen molar-refractivity contribution in [3.63, 3.8) is 0 Å². The zero-order chi connectivity index (χ0) is 31.8. The molecule has 1 fully saturated rings. The highest BCUT2D eigenvalue weighted by molar-refractivity contribution is 5.90. The Labute approximate surface area is 257 Å². The first-order valence-electron chi connectivity index (χ1n) is 15.5. The van der Waals surface area contributed by atoms with Crippen LogP contribution >= 0.6 is 0 Å². The number of methoxy groups -OCH3 is 1. The summed E-state index contributed by atoms with van der Waals surface area (Å²) in [7, 11) is 1.57. The van der Waals surface area contributed by atoms with Gasteiger partial charge in [-0.05, 0) is 89.0 Å². The van der Waals surface area contributed by atoms with E-state index in [1.54, 1.807) is 13.2 Å². The Morgan fingerprint density at radius 3 is 2.64 bits per heavy atom. The van der Waals surface area contributed by atoms with Gasteiger partial charge in [-0.15, -0.1) is 0 Å². The number of hydrogen-bond acceptors (Lipinski definition) is 10. The van der Waals surface area contributed by atoms with Crippen LogP contribution in [0.4, 0.5) is 0 Å². The van der Waals surface area contributed by atoms with Gasteiger partial charge in [0.15, 0.2) is 23.7 Å². The number of aliphatic hydroxyl groups is 1. The van der Waals surface area contributed by atoms with E-state index >= 15 is 0 Å². The Balaban J connectivity index is 1.26. The van der Waals surface area contributed by atoms with Gasteiger partial charge in [-0.2, -0.15) is 0 Å². The lowest BCUT2D eigenvalue weighted by atomic mass is 9.47. The van der Waals surface area contributed by atoms with Gasteiger partial charge in [0.2, 0.25) is 11.8 Å². The number of nitrogens with two attached hydrogens (primary N) is 1. The first kappa shape index (κ1) is 31.8. The van der Waals surface area contributed by atoms with Crippen LogP contribution in [0.25, 0.3) is 0 Å². The van der Waals surface area contributed by atoms with E-state index in [4.69, 9.17) is 24.7 Å². The number of carbonyl (C=O) groups excluding carboxylic acids is 4. The minimum Gasteiger partial charge on any atom is -0.493 e. The molecule has 2 bridgehead atoms. The van der Waals surface area contributed by atoms with Crippen LogP contribution in [0.15, 0.2) is 24.0 Å². The molecule has 2 amide bonds. The molecule has 0 unspecified atom stereocenters. The number of benzene rings is 1. The van der Waals surface area contributed by atoms with Gasteiger partial charge in [0.1, 0.15) is 17.8 Å². The average Bonchev–Trinajstić information content (AvgIpc) is 3.33. The van der Waals surface area contributed by atoms with Gasteiger partial charge in [0, 0.05) is 12.5 Å². The molecule has 0 saturated heterocycles. The number of ether oxygens (including phenoxy) is 4. The minimum absolute atomic E-state index is 0.0465. The van der Waals surface area contributed by atoms with E-state index in [2.05, 4.69) is 10.6 Å². The first-order valence-corrected chi connectivity index (χ1v) is 15.5. The van der Waals surface area contributed by atoms with Crippen LogP contribution in [0.5, 0.6) is 11.5 Å². The number of rotatable bonds is 12. The highest BCUT2D eigenvalue weighted by Crippen LogP contribution is 2.67. The highest BCUT2D eigenvalue weighted by Gasteiger charge is 2.71. The lowest BCUT2D eigenvalue weighted by Gasteiger charge is -2.59. The summed E-state index contributed by atoms with van der Waals surface area (Å²) < 4.78 is 23.3. The van der Waals surface area contributed by atoms with Crippen LogP contribution in [-0.4, -0.2) is 72.4 Å². The van der Waals surface area contributed by atoms with Crippen LogP contribution in [0.1, 0.15) is 76.8 Å². The molecule has 44 heavy (non-hydrogen) atoms. The molecule has 0 radical (unpaired) electrons. The third kappa shape index (κ3) is 5.32. The highest BCUT2D eigenvalue weighted by atomic mass is 16.6. The number of amides is 2. The fraction of sp³-hybridized carbons (Fsp3) is 0.625. The fourth-order valence-electron chi connectivity index (χ4n) is 7.59. The summed E-state index contributed by atoms with van der Waals surface area (Å²) in [5.74, 6) is -1.11. The number of unbranched alkanes of at least 4 members (excludes halogenated alkanes) is 1. The third-order valence-electron chi connectivity index (χ3n) is 9.66. The molecule has 5 rings (SSSR count). The second-order valence-corrected chi connectivity index (χ2v) is 12.4. The van der Waals surface area contributed by atoms with Crippen LogP contribution in [0.2, 0.25) is 0 Å². The molecule has 3 aliphatic carbocycles. The molecular formula is C32H43N3O9. The van der Waals surface area contributed by atoms with E-state index in [0.717, 1.165) is 30.4 Å². The van der Waals surface area contributed by atoms with Crippen molar-refractivity contribution in [2.45, 2.75) is 107 Å². The fourth-order valence-corrected chi connectivity index (χ4v) is 7.59. The van der Waals surface area contributed by atoms with E-state index in [1.807, 2.05) is 12.1 Å². The number of carbonyl (C=O) groups is 4. The topological polar surface area (TPSA) is 176 Å². The molecule has 1 spiro atoms. The molecule has 1 heterocycles. The molecule has 1 aliphatic heterocycles. The molecule has 240 valence electrons. The summed E-state index contributed by atoms with van der Waals surface area (Å²) in [5, 5.41) is 17.3. The van der Waals surface area contributed by atoms with Crippen LogP contribution in [-0.2, 0) is 40.5 Å². The predicted molar refractivity (Wildman–Crippen MR) is 158 cm³/mol. The Kier molecular flexibility index (Phi) is 8.95. The Bertz CT molecular complexity index is 1360. The van der Waals surface area contributed by atoms with E-state index in [1.165, 1.54) is 20.8 Å². The molecule has 1 aromatic carbocycles. The normalized spacial score (nSPS) is 27.8. The van der Waals surface area contributed by atoms with E-state index in [0.29, 0.717) is 50.1 Å². The maximum Gasteiger partial charge on any atom is 0.352 e. The maximum absolute atomic E-state index is 13.2. The third-order valence-corrected chi connectivity index (χ3v) is 9.66. The van der Waals surface area contributed by atoms with Gasteiger partial charge < -0.3 is 40.4 Å². The number of nitrogens with one attached hydrogen (secondary N) is 2. The van der Waals surface area contributed by atoms with Gasteiger partial charge in [0.25, 0.3) is 0 Å². The lowest BCUT2D eigenvalue weighted by molar-refractivity contribution is -0.172. The summed E-state index contributed by atoms with van der Waals surface area (Å²) in [6.07, 6.45) is 4.85. The van der Waals surface area contributed by atoms with Gasteiger partial charge in [-0.3, -0.25) is 9.59 Å². The van der Waals surface area contributed by atoms with Crippen molar-refractivity contribution in [2.24, 2.45) is 11.7 Å². The van der Waals surface area contributed by atoms with Crippen molar-refractivity contribution in [1.29, 1.82) is 0 Å². The number of hydrogen-bond donors (Lipinski definition) is 4. The maximum atomic E-state index is 13.2. The Morgan fingerprint density at radius 2 is 1.93 bits per heavy atom. The molecule has 12 nitrogen and oxygen atoms in total. The van der Waals surface area contributed by atoms with E-state index < -0.39 is 53.2 Å². The molecule has 12 heteroatoms. The summed E-state index contributed by atoms with van der Waals surface area (Å²) in [4.78, 5) is 50.4. The van der Waals surface area contributed by atoms with Gasteiger partial charge in [-0.1, -0.05) is 12.5 Å². The number of esters is 2. The van der Waals surface area contributed by atoms with Crippen molar-refractivity contribution in [3.8, 4) is 11.5 Å². The van der Waals surface area contributed by atoms with Crippen LogP contribution in [0.3, 0.4) is 0 Å². The van der Waals surface area contributed by atoms with Crippen LogP contribution in [0, 0.1) is 5.92 Å². The van der Waals surface area contributed by atoms with E-state index in [-0.39, 0.29) is 17.6 Å². The van der Waals surface area contributed by atoms with Crippen molar-refractivity contribution in [1.82, 2.24) is 10.6 Å². The summed E-state index contributed by atoms with van der Waals surface area (Å²) >= 11 is 0. The molecule has 0 aromatic heterocycles. The van der Waals surface area contributed by atoms with Gasteiger partial charge >= 0.3 is 11.9 Å². The van der Waals surface area contributed by atoms with Crippen molar-refractivity contribution in [3.05, 3.63) is 35.1 Å². The van der Waals surface area contributed by atoms with Crippen molar-refractivity contribution in [2.75, 3.05) is 13.7 Å². The second kappa shape index (κ2) is 12.4. The average molecular weight is 614 g/mol. The largest absolute Gasteiger partial charge is 0.493 e. The molecule has 4 aliphatic rings. The monoisotopic (exact) mass is 613 g/mol. The predicted octanol–water partition coefficient (Wildman–Crippen LogP) is 1.68. The van der Waals surface area contributed by atoms with E-state index in [9.17, 15) is 24.3 Å². The minimum atomic E-state index is -1.30. The van der Waals surface area contributed by atoms with Gasteiger partial charge in [-0.25, -0.2) is 9.59 Å². The second-order valence-electron chi connectivity index (χ2n) is 12.4. The zero-order valence-corrected chi connectivity index (χ0v) is 25.8. The Morgan fingerprint density at radius 1 is 1.16 bits per heavy atom. The Hall–Kier alpha value is -3.64. The van der Waals surface area contributed by atoms with Crippen LogP contribution < -0.4 is 25.8 Å². The zero-order valence-electron chi connectivity index (χ0n) is 25.8.